The van der Waals surface area contributed by atoms with E-state index in [1.54, 1.807) is 12.3 Å². The predicted octanol–water partition coefficient (Wildman–Crippen LogP) is 2.37. The van der Waals surface area contributed by atoms with Gasteiger partial charge in [-0.1, -0.05) is 11.3 Å². The van der Waals surface area contributed by atoms with Crippen molar-refractivity contribution in [3.63, 3.8) is 0 Å². The van der Waals surface area contributed by atoms with Crippen molar-refractivity contribution in [3.8, 4) is 11.2 Å². The Balaban J connectivity index is 1.66. The molecule has 1 saturated heterocycles. The zero-order valence-corrected chi connectivity index (χ0v) is 19.0. The van der Waals surface area contributed by atoms with E-state index >= 15 is 0 Å². The van der Waals surface area contributed by atoms with Gasteiger partial charge in [-0.3, -0.25) is 0 Å². The molecule has 2 aliphatic rings. The van der Waals surface area contributed by atoms with E-state index in [9.17, 15) is 22.5 Å². The van der Waals surface area contributed by atoms with Crippen LogP contribution >= 0.6 is 11.3 Å². The van der Waals surface area contributed by atoms with E-state index in [0.717, 1.165) is 0 Å². The fourth-order valence-corrected chi connectivity index (χ4v) is 5.85. The first-order valence-electron chi connectivity index (χ1n) is 10.2. The average Bonchev–Trinajstić information content (AvgIpc) is 3.18. The Morgan fingerprint density at radius 2 is 2.15 bits per heavy atom. The number of hydrogen-bond acceptors (Lipinski definition) is 9. The van der Waals surface area contributed by atoms with Crippen molar-refractivity contribution in [2.75, 3.05) is 24.6 Å². The maximum absolute atomic E-state index is 13.2. The van der Waals surface area contributed by atoms with Gasteiger partial charge < -0.3 is 9.64 Å². The van der Waals surface area contributed by atoms with E-state index in [-0.39, 0.29) is 16.1 Å². The van der Waals surface area contributed by atoms with Crippen LogP contribution in [0.1, 0.15) is 31.2 Å². The lowest BCUT2D eigenvalue weighted by atomic mass is 10.1. The smallest absolute Gasteiger partial charge is 0.291 e. The highest BCUT2D eigenvalue weighted by Gasteiger charge is 2.47. The van der Waals surface area contributed by atoms with Gasteiger partial charge in [0, 0.05) is 24.2 Å². The lowest BCUT2D eigenvalue weighted by Crippen LogP contribution is -2.41. The summed E-state index contributed by atoms with van der Waals surface area (Å²) < 4.78 is 61.9. The second-order valence-corrected chi connectivity index (χ2v) is 10.8. The van der Waals surface area contributed by atoms with E-state index in [2.05, 4.69) is 20.0 Å². The Labute approximate surface area is 191 Å². The zero-order valence-electron chi connectivity index (χ0n) is 17.4. The Bertz CT molecular complexity index is 1360. The Kier molecular flexibility index (Phi) is 5.31. The first-order valence-corrected chi connectivity index (χ1v) is 12.5. The largest absolute Gasteiger partial charge is 0.375 e. The second-order valence-electron chi connectivity index (χ2n) is 8.08. The molecule has 0 unspecified atom stereocenters. The molecular weight excluding hydrogens is 476 g/mol. The van der Waals surface area contributed by atoms with Crippen molar-refractivity contribution in [1.29, 1.82) is 5.26 Å². The summed E-state index contributed by atoms with van der Waals surface area (Å²) in [6, 6.07) is 4.98. The van der Waals surface area contributed by atoms with Crippen molar-refractivity contribution < 1.29 is 21.9 Å². The molecule has 0 bridgehead atoms. The highest BCUT2D eigenvalue weighted by molar-refractivity contribution is 7.89. The maximum Gasteiger partial charge on any atom is 0.291 e. The summed E-state index contributed by atoms with van der Waals surface area (Å²) in [5, 5.41) is 21.2. The van der Waals surface area contributed by atoms with E-state index in [0.29, 0.717) is 60.5 Å². The molecule has 174 valence electrons. The van der Waals surface area contributed by atoms with Crippen molar-refractivity contribution in [1.82, 2.24) is 24.7 Å². The molecule has 14 heteroatoms. The summed E-state index contributed by atoms with van der Waals surface area (Å²) in [7, 11) is -4.04. The first kappa shape index (κ1) is 22.1. The van der Waals surface area contributed by atoms with E-state index in [4.69, 9.17) is 4.74 Å². The van der Waals surface area contributed by atoms with Crippen LogP contribution in [0.4, 0.5) is 14.5 Å². The Morgan fingerprint density at radius 3 is 2.79 bits per heavy atom. The number of sulfonamides is 1. The standard InChI is InChI=1S/C19H19F2N7O3S2/c1-11-9-27(4-5-31-11)14-6-12(33(29,30)26-19(10-22)2-3-19)7-15-13(14)8-23-28(15)18-25-24-17(32-18)16(20)21/h6-8,11,16,26H,2-5,9H2,1H3/t11-/m1/s1. The Hall–Kier alpha value is -2.73. The average molecular weight is 496 g/mol. The number of alkyl halides is 2. The maximum atomic E-state index is 13.2. The number of nitrogens with zero attached hydrogens (tertiary/aromatic N) is 6. The van der Waals surface area contributed by atoms with Gasteiger partial charge in [0.2, 0.25) is 15.2 Å². The molecule has 3 aromatic rings. The van der Waals surface area contributed by atoms with Gasteiger partial charge in [-0.05, 0) is 31.9 Å². The number of rotatable bonds is 6. The van der Waals surface area contributed by atoms with Crippen LogP contribution < -0.4 is 9.62 Å². The third-order valence-electron chi connectivity index (χ3n) is 5.62. The van der Waals surface area contributed by atoms with Crippen LogP contribution in [0.2, 0.25) is 0 Å². The fourth-order valence-electron chi connectivity index (χ4n) is 3.77. The summed E-state index contributed by atoms with van der Waals surface area (Å²) in [6.45, 7) is 3.47. The van der Waals surface area contributed by atoms with Crippen LogP contribution in [0.5, 0.6) is 0 Å². The van der Waals surface area contributed by atoms with E-state index in [1.807, 2.05) is 17.9 Å². The first-order chi connectivity index (χ1) is 15.7. The summed E-state index contributed by atoms with van der Waals surface area (Å²) in [4.78, 5) is 1.95. The molecule has 2 fully saturated rings. The van der Waals surface area contributed by atoms with Crippen molar-refractivity contribution in [2.45, 2.75) is 42.7 Å². The fraction of sp³-hybridized carbons (Fsp3) is 0.474. The van der Waals surface area contributed by atoms with Gasteiger partial charge in [0.25, 0.3) is 6.43 Å². The molecule has 5 rings (SSSR count). The monoisotopic (exact) mass is 495 g/mol. The number of hydrogen-bond donors (Lipinski definition) is 1. The van der Waals surface area contributed by atoms with Crippen LogP contribution in [0, 0.1) is 11.3 Å². The van der Waals surface area contributed by atoms with E-state index in [1.165, 1.54) is 10.7 Å². The Morgan fingerprint density at radius 1 is 1.36 bits per heavy atom. The third kappa shape index (κ3) is 4.05. The lowest BCUT2D eigenvalue weighted by Gasteiger charge is -2.33. The molecule has 0 amide bonds. The molecule has 1 N–H and O–H groups in total. The molecule has 33 heavy (non-hydrogen) atoms. The van der Waals surface area contributed by atoms with Gasteiger partial charge in [0.05, 0.1) is 35.4 Å². The number of halogens is 2. The molecule has 10 nitrogen and oxygen atoms in total. The van der Waals surface area contributed by atoms with Crippen molar-refractivity contribution in [2.24, 2.45) is 0 Å². The molecule has 1 aromatic carbocycles. The number of fused-ring (bicyclic) bond motifs is 1. The molecule has 1 aliphatic heterocycles. The number of ether oxygens (including phenoxy) is 1. The quantitative estimate of drug-likeness (QED) is 0.552. The highest BCUT2D eigenvalue weighted by Crippen LogP contribution is 2.38. The topological polar surface area (TPSA) is 126 Å². The van der Waals surface area contributed by atoms with Gasteiger partial charge >= 0.3 is 0 Å². The summed E-state index contributed by atoms with van der Waals surface area (Å²) in [6.07, 6.45) is -0.400. The minimum Gasteiger partial charge on any atom is -0.375 e. The molecule has 1 saturated carbocycles. The summed E-state index contributed by atoms with van der Waals surface area (Å²) in [5.74, 6) is 0. The molecule has 0 radical (unpaired) electrons. The van der Waals surface area contributed by atoms with Crippen LogP contribution in [-0.4, -0.2) is 59.7 Å². The number of nitriles is 1. The highest BCUT2D eigenvalue weighted by atomic mass is 32.2. The van der Waals surface area contributed by atoms with Crippen LogP contribution in [0.3, 0.4) is 0 Å². The predicted molar refractivity (Wildman–Crippen MR) is 115 cm³/mol. The van der Waals surface area contributed by atoms with Gasteiger partial charge in [-0.25, -0.2) is 21.9 Å². The number of anilines is 1. The molecular formula is C19H19F2N7O3S2. The number of benzene rings is 1. The molecule has 1 atom stereocenters. The lowest BCUT2D eigenvalue weighted by molar-refractivity contribution is 0.0533. The summed E-state index contributed by atoms with van der Waals surface area (Å²) >= 11 is 0.679. The molecule has 0 spiro atoms. The minimum atomic E-state index is -4.04. The molecule has 1 aliphatic carbocycles. The minimum absolute atomic E-state index is 0.0500. The normalized spacial score (nSPS) is 20.3. The van der Waals surface area contributed by atoms with Crippen molar-refractivity contribution >= 4 is 38.0 Å². The number of nitrogens with one attached hydrogen (secondary N) is 1. The van der Waals surface area contributed by atoms with Gasteiger partial charge in [0.15, 0.2) is 5.01 Å². The molecule has 3 heterocycles. The number of aromatic nitrogens is 4. The van der Waals surface area contributed by atoms with Gasteiger partial charge in [-0.2, -0.15) is 15.1 Å². The number of morpholine rings is 1. The van der Waals surface area contributed by atoms with Crippen LogP contribution in [0.25, 0.3) is 16.0 Å². The van der Waals surface area contributed by atoms with Gasteiger partial charge in [0.1, 0.15) is 5.54 Å². The van der Waals surface area contributed by atoms with Crippen LogP contribution in [-0.2, 0) is 14.8 Å². The van der Waals surface area contributed by atoms with Crippen LogP contribution in [0.15, 0.2) is 23.2 Å². The van der Waals surface area contributed by atoms with Crippen molar-refractivity contribution in [3.05, 3.63) is 23.3 Å². The summed E-state index contributed by atoms with van der Waals surface area (Å²) in [5.41, 5.74) is -0.0898. The van der Waals surface area contributed by atoms with E-state index < -0.39 is 27.0 Å². The second kappa shape index (κ2) is 7.94. The van der Waals surface area contributed by atoms with Gasteiger partial charge in [-0.15, -0.1) is 10.2 Å². The third-order valence-corrected chi connectivity index (χ3v) is 8.05. The zero-order chi connectivity index (χ0) is 23.4. The SMILES string of the molecule is C[C@@H]1CN(c2cc(S(=O)(=O)NC3(C#N)CC3)cc3c2cnn3-c2nnc(C(F)F)s2)CCO1. The molecule has 2 aromatic heterocycles.